The highest BCUT2D eigenvalue weighted by molar-refractivity contribution is 7.99. The van der Waals surface area contributed by atoms with Crippen LogP contribution in [0.4, 0.5) is 11.4 Å². The molecule has 1 N–H and O–H groups in total. The molecule has 0 aliphatic carbocycles. The Kier molecular flexibility index (Phi) is 6.60. The van der Waals surface area contributed by atoms with Crippen molar-refractivity contribution in [1.29, 1.82) is 0 Å². The van der Waals surface area contributed by atoms with Gasteiger partial charge in [-0.05, 0) is 24.7 Å². The maximum Gasteiger partial charge on any atom is 0.303 e. The molecular weight excluding hydrogens is 300 g/mol. The number of nitrogens with zero attached hydrogens (tertiary/aromatic N) is 2. The SMILES string of the molecule is O=C(O)CCCCCSc1ccc([N+](=O)[O-])cc1[N+](=O)[O-]. The molecule has 0 bridgehead atoms. The van der Waals surface area contributed by atoms with Gasteiger partial charge in [-0.25, -0.2) is 0 Å². The van der Waals surface area contributed by atoms with Crippen LogP contribution in [0.3, 0.4) is 0 Å². The first-order valence-corrected chi connectivity index (χ1v) is 7.18. The summed E-state index contributed by atoms with van der Waals surface area (Å²) in [5, 5.41) is 30.0. The lowest BCUT2D eigenvalue weighted by Crippen LogP contribution is -1.95. The summed E-state index contributed by atoms with van der Waals surface area (Å²) in [7, 11) is 0. The lowest BCUT2D eigenvalue weighted by atomic mass is 10.2. The fourth-order valence-electron chi connectivity index (χ4n) is 1.62. The maximum absolute atomic E-state index is 10.9. The van der Waals surface area contributed by atoms with Crippen molar-refractivity contribution in [3.8, 4) is 0 Å². The summed E-state index contributed by atoms with van der Waals surface area (Å²) in [5.41, 5.74) is -0.591. The van der Waals surface area contributed by atoms with Crippen molar-refractivity contribution in [3.05, 3.63) is 38.4 Å². The van der Waals surface area contributed by atoms with Crippen molar-refractivity contribution in [2.45, 2.75) is 30.6 Å². The van der Waals surface area contributed by atoms with Crippen LogP contribution in [0.1, 0.15) is 25.7 Å². The summed E-state index contributed by atoms with van der Waals surface area (Å²) in [6.45, 7) is 0. The van der Waals surface area contributed by atoms with Gasteiger partial charge in [0.2, 0.25) is 0 Å². The molecule has 114 valence electrons. The number of non-ortho nitro benzene ring substituents is 1. The molecule has 0 fully saturated rings. The molecule has 1 aromatic rings. The second-order valence-corrected chi connectivity index (χ2v) is 5.36. The monoisotopic (exact) mass is 314 g/mol. The van der Waals surface area contributed by atoms with Crippen LogP contribution in [0.2, 0.25) is 0 Å². The van der Waals surface area contributed by atoms with Gasteiger partial charge in [-0.2, -0.15) is 0 Å². The minimum Gasteiger partial charge on any atom is -0.481 e. The average Bonchev–Trinajstić information content (AvgIpc) is 2.42. The van der Waals surface area contributed by atoms with E-state index in [-0.39, 0.29) is 17.8 Å². The van der Waals surface area contributed by atoms with Crippen molar-refractivity contribution < 1.29 is 19.7 Å². The molecule has 0 radical (unpaired) electrons. The zero-order chi connectivity index (χ0) is 15.8. The Morgan fingerprint density at radius 3 is 2.43 bits per heavy atom. The summed E-state index contributed by atoms with van der Waals surface area (Å²) < 4.78 is 0. The van der Waals surface area contributed by atoms with Gasteiger partial charge in [0.05, 0.1) is 20.8 Å². The van der Waals surface area contributed by atoms with Gasteiger partial charge < -0.3 is 5.11 Å². The number of thioether (sulfide) groups is 1. The van der Waals surface area contributed by atoms with Crippen LogP contribution in [0.15, 0.2) is 23.1 Å². The molecule has 8 nitrogen and oxygen atoms in total. The average molecular weight is 314 g/mol. The minimum absolute atomic E-state index is 0.113. The Bertz CT molecular complexity index is 549. The molecule has 9 heteroatoms. The molecule has 0 spiro atoms. The van der Waals surface area contributed by atoms with Crippen LogP contribution in [0, 0.1) is 20.2 Å². The first-order chi connectivity index (χ1) is 9.91. The Morgan fingerprint density at radius 1 is 1.14 bits per heavy atom. The van der Waals surface area contributed by atoms with Crippen LogP contribution in [0.25, 0.3) is 0 Å². The predicted molar refractivity (Wildman–Crippen MR) is 76.6 cm³/mol. The molecule has 0 aromatic heterocycles. The van der Waals surface area contributed by atoms with Crippen LogP contribution < -0.4 is 0 Å². The molecule has 1 aromatic carbocycles. The van der Waals surface area contributed by atoms with Gasteiger partial charge in [0.1, 0.15) is 0 Å². The van der Waals surface area contributed by atoms with Gasteiger partial charge in [0.25, 0.3) is 11.4 Å². The number of aliphatic carboxylic acids is 1. The smallest absolute Gasteiger partial charge is 0.303 e. The Morgan fingerprint density at radius 2 is 1.86 bits per heavy atom. The van der Waals surface area contributed by atoms with E-state index in [1.807, 2.05) is 0 Å². The minimum atomic E-state index is -0.839. The van der Waals surface area contributed by atoms with Crippen molar-refractivity contribution in [3.63, 3.8) is 0 Å². The first-order valence-electron chi connectivity index (χ1n) is 6.19. The summed E-state index contributed by atoms with van der Waals surface area (Å²) in [6, 6.07) is 3.56. The molecule has 0 atom stereocenters. The number of hydrogen-bond acceptors (Lipinski definition) is 6. The quantitative estimate of drug-likeness (QED) is 0.321. The Hall–Kier alpha value is -2.16. The van der Waals surface area contributed by atoms with Gasteiger partial charge in [-0.1, -0.05) is 6.42 Å². The number of nitro groups is 2. The summed E-state index contributed by atoms with van der Waals surface area (Å²) >= 11 is 1.24. The van der Waals surface area contributed by atoms with E-state index >= 15 is 0 Å². The van der Waals surface area contributed by atoms with Gasteiger partial charge in [0, 0.05) is 12.5 Å². The molecule has 0 aliphatic heterocycles. The van der Waals surface area contributed by atoms with E-state index < -0.39 is 15.8 Å². The van der Waals surface area contributed by atoms with E-state index in [0.29, 0.717) is 17.1 Å². The third-order valence-electron chi connectivity index (χ3n) is 2.64. The summed E-state index contributed by atoms with van der Waals surface area (Å²) in [5.74, 6) is -0.244. The van der Waals surface area contributed by atoms with E-state index in [9.17, 15) is 25.0 Å². The lowest BCUT2D eigenvalue weighted by molar-refractivity contribution is -0.396. The topological polar surface area (TPSA) is 124 Å². The lowest BCUT2D eigenvalue weighted by Gasteiger charge is -2.03. The van der Waals surface area contributed by atoms with Crippen molar-refractivity contribution in [2.75, 3.05) is 5.75 Å². The maximum atomic E-state index is 10.9. The van der Waals surface area contributed by atoms with Crippen molar-refractivity contribution in [2.24, 2.45) is 0 Å². The standard InChI is InChI=1S/C12H14N2O6S/c15-12(16)4-2-1-3-7-21-11-6-5-9(13(17)18)8-10(11)14(19)20/h5-6,8H,1-4,7H2,(H,15,16). The van der Waals surface area contributed by atoms with E-state index in [2.05, 4.69) is 0 Å². The Labute approximate surface area is 124 Å². The highest BCUT2D eigenvalue weighted by atomic mass is 32.2. The molecule has 21 heavy (non-hydrogen) atoms. The summed E-state index contributed by atoms with van der Waals surface area (Å²) in [4.78, 5) is 30.9. The van der Waals surface area contributed by atoms with Gasteiger partial charge in [-0.3, -0.25) is 25.0 Å². The highest BCUT2D eigenvalue weighted by Crippen LogP contribution is 2.32. The second kappa shape index (κ2) is 8.20. The fraction of sp³-hybridized carbons (Fsp3) is 0.417. The van der Waals surface area contributed by atoms with Crippen LogP contribution in [-0.2, 0) is 4.79 Å². The third-order valence-corrected chi connectivity index (χ3v) is 3.79. The van der Waals surface area contributed by atoms with Crippen LogP contribution in [-0.4, -0.2) is 26.7 Å². The van der Waals surface area contributed by atoms with Crippen molar-refractivity contribution in [1.82, 2.24) is 0 Å². The van der Waals surface area contributed by atoms with E-state index in [0.717, 1.165) is 18.9 Å². The van der Waals surface area contributed by atoms with Crippen LogP contribution in [0.5, 0.6) is 0 Å². The van der Waals surface area contributed by atoms with Gasteiger partial charge in [0.15, 0.2) is 0 Å². The molecule has 0 saturated heterocycles. The molecule has 0 heterocycles. The van der Waals surface area contributed by atoms with Gasteiger partial charge >= 0.3 is 5.97 Å². The van der Waals surface area contributed by atoms with Crippen LogP contribution >= 0.6 is 11.8 Å². The van der Waals surface area contributed by atoms with Gasteiger partial charge in [-0.15, -0.1) is 11.8 Å². The normalized spacial score (nSPS) is 10.3. The number of nitro benzene ring substituents is 2. The molecule has 0 unspecified atom stereocenters. The number of carbonyl (C=O) groups is 1. The highest BCUT2D eigenvalue weighted by Gasteiger charge is 2.19. The number of benzene rings is 1. The summed E-state index contributed by atoms with van der Waals surface area (Å²) in [6.07, 6.45) is 2.13. The molecule has 0 aliphatic rings. The zero-order valence-electron chi connectivity index (χ0n) is 11.1. The molecule has 0 saturated carbocycles. The van der Waals surface area contributed by atoms with Crippen molar-refractivity contribution >= 4 is 29.1 Å². The molecule has 1 rings (SSSR count). The number of carboxylic acids is 1. The number of hydrogen-bond donors (Lipinski definition) is 1. The molecule has 0 amide bonds. The second-order valence-electron chi connectivity index (χ2n) is 4.22. The Balaban J connectivity index is 2.56. The predicted octanol–water partition coefficient (Wildman–Crippen LogP) is 3.24. The molecular formula is C12H14N2O6S. The fourth-order valence-corrected chi connectivity index (χ4v) is 2.64. The largest absolute Gasteiger partial charge is 0.481 e. The number of rotatable bonds is 9. The third kappa shape index (κ3) is 5.78. The number of unbranched alkanes of at least 4 members (excludes halogenated alkanes) is 2. The first kappa shape index (κ1) is 16.9. The zero-order valence-corrected chi connectivity index (χ0v) is 11.9. The van der Waals surface area contributed by atoms with E-state index in [1.165, 1.54) is 23.9 Å². The van der Waals surface area contributed by atoms with E-state index in [1.54, 1.807) is 0 Å². The number of carboxylic acid groups (broad SMARTS) is 1. The van der Waals surface area contributed by atoms with E-state index in [4.69, 9.17) is 5.11 Å².